The van der Waals surface area contributed by atoms with Crippen LogP contribution in [0.1, 0.15) is 59.3 Å². The Hall–Kier alpha value is -0.520. The Morgan fingerprint density at radius 3 is 1.93 bits per heavy atom. The van der Waals surface area contributed by atoms with Gasteiger partial charge in [-0.05, 0) is 39.5 Å². The lowest BCUT2D eigenvalue weighted by molar-refractivity contribution is 0.530. The van der Waals surface area contributed by atoms with E-state index in [1.54, 1.807) is 5.57 Å². The molecule has 80 valence electrons. The van der Waals surface area contributed by atoms with E-state index in [0.29, 0.717) is 0 Å². The van der Waals surface area contributed by atoms with Gasteiger partial charge >= 0.3 is 0 Å². The van der Waals surface area contributed by atoms with E-state index >= 15 is 0 Å². The summed E-state index contributed by atoms with van der Waals surface area (Å²) >= 11 is 0. The van der Waals surface area contributed by atoms with E-state index in [1.165, 1.54) is 44.1 Å². The van der Waals surface area contributed by atoms with Crippen LogP contribution in [0.15, 0.2) is 23.3 Å². The molecule has 0 radical (unpaired) electrons. The van der Waals surface area contributed by atoms with E-state index in [4.69, 9.17) is 0 Å². The second-order valence-electron chi connectivity index (χ2n) is 4.84. The summed E-state index contributed by atoms with van der Waals surface area (Å²) in [6, 6.07) is 0. The van der Waals surface area contributed by atoms with E-state index in [-0.39, 0.29) is 0 Å². The monoisotopic (exact) mass is 192 g/mol. The number of allylic oxidation sites excluding steroid dienone is 4. The molecule has 0 amide bonds. The summed E-state index contributed by atoms with van der Waals surface area (Å²) in [5.74, 6) is 0.869. The molecule has 0 atom stereocenters. The number of hydrogen-bond donors (Lipinski definition) is 0. The van der Waals surface area contributed by atoms with E-state index < -0.39 is 0 Å². The zero-order chi connectivity index (χ0) is 10.4. The maximum atomic E-state index is 2.32. The molecule has 0 aromatic rings. The lowest BCUT2D eigenvalue weighted by Gasteiger charge is -2.14. The van der Waals surface area contributed by atoms with Gasteiger partial charge in [-0.1, -0.05) is 49.0 Å². The molecule has 1 saturated carbocycles. The SMILES string of the molecule is CC(C)=CC=C(C)C1CCCCCC1. The molecule has 0 bridgehead atoms. The van der Waals surface area contributed by atoms with Crippen molar-refractivity contribution in [1.82, 2.24) is 0 Å². The molecule has 0 N–H and O–H groups in total. The average Bonchev–Trinajstić information content (AvgIpc) is 2.42. The fourth-order valence-corrected chi connectivity index (χ4v) is 2.17. The van der Waals surface area contributed by atoms with Crippen molar-refractivity contribution in [3.8, 4) is 0 Å². The first kappa shape index (κ1) is 11.6. The maximum absolute atomic E-state index is 2.32. The molecule has 0 nitrogen and oxygen atoms in total. The summed E-state index contributed by atoms with van der Waals surface area (Å²) in [6.45, 7) is 6.63. The van der Waals surface area contributed by atoms with Gasteiger partial charge in [-0.25, -0.2) is 0 Å². The van der Waals surface area contributed by atoms with Gasteiger partial charge in [0.15, 0.2) is 0 Å². The lowest BCUT2D eigenvalue weighted by atomic mass is 9.92. The molecule has 0 saturated heterocycles. The molecule has 1 fully saturated rings. The summed E-state index contributed by atoms with van der Waals surface area (Å²) in [7, 11) is 0. The van der Waals surface area contributed by atoms with Crippen LogP contribution in [0.5, 0.6) is 0 Å². The van der Waals surface area contributed by atoms with Gasteiger partial charge in [0, 0.05) is 0 Å². The van der Waals surface area contributed by atoms with Crippen molar-refractivity contribution in [2.45, 2.75) is 59.3 Å². The van der Waals surface area contributed by atoms with Crippen molar-refractivity contribution in [2.75, 3.05) is 0 Å². The van der Waals surface area contributed by atoms with Crippen LogP contribution in [0.4, 0.5) is 0 Å². The Balaban J connectivity index is 2.53. The minimum atomic E-state index is 0.869. The summed E-state index contributed by atoms with van der Waals surface area (Å²) in [6.07, 6.45) is 13.2. The Bertz CT molecular complexity index is 208. The Labute approximate surface area is 89.1 Å². The summed E-state index contributed by atoms with van der Waals surface area (Å²) in [5, 5.41) is 0. The molecular formula is C14H24. The van der Waals surface area contributed by atoms with Crippen LogP contribution in [0, 0.1) is 5.92 Å². The Kier molecular flexibility index (Phi) is 5.00. The van der Waals surface area contributed by atoms with Crippen LogP contribution in [-0.4, -0.2) is 0 Å². The minimum Gasteiger partial charge on any atom is -0.0764 e. The van der Waals surface area contributed by atoms with Crippen LogP contribution in [0.3, 0.4) is 0 Å². The highest BCUT2D eigenvalue weighted by atomic mass is 14.2. The quantitative estimate of drug-likeness (QED) is 0.432. The van der Waals surface area contributed by atoms with E-state index in [2.05, 4.69) is 32.9 Å². The molecule has 1 aliphatic rings. The fourth-order valence-electron chi connectivity index (χ4n) is 2.17. The highest BCUT2D eigenvalue weighted by Crippen LogP contribution is 2.28. The van der Waals surface area contributed by atoms with Gasteiger partial charge in [-0.15, -0.1) is 0 Å². The average molecular weight is 192 g/mol. The van der Waals surface area contributed by atoms with Gasteiger partial charge in [0.2, 0.25) is 0 Å². The third-order valence-corrected chi connectivity index (χ3v) is 3.18. The highest BCUT2D eigenvalue weighted by molar-refractivity contribution is 5.16. The molecule has 0 aliphatic heterocycles. The standard InChI is InChI=1S/C14H24/c1-12(2)10-11-13(3)14-8-6-4-5-7-9-14/h10-11,14H,4-9H2,1-3H3. The summed E-state index contributed by atoms with van der Waals surface area (Å²) in [5.41, 5.74) is 2.99. The molecule has 0 heteroatoms. The van der Waals surface area contributed by atoms with Gasteiger partial charge in [0.05, 0.1) is 0 Å². The molecule has 0 unspecified atom stereocenters. The summed E-state index contributed by atoms with van der Waals surface area (Å²) < 4.78 is 0. The molecule has 0 aromatic carbocycles. The Morgan fingerprint density at radius 2 is 1.43 bits per heavy atom. The van der Waals surface area contributed by atoms with E-state index in [1.807, 2.05) is 0 Å². The molecule has 0 spiro atoms. The van der Waals surface area contributed by atoms with Crippen LogP contribution < -0.4 is 0 Å². The second kappa shape index (κ2) is 6.06. The maximum Gasteiger partial charge on any atom is -0.0203 e. The largest absolute Gasteiger partial charge is 0.0764 e. The topological polar surface area (TPSA) is 0 Å². The lowest BCUT2D eigenvalue weighted by Crippen LogP contribution is -1.99. The van der Waals surface area contributed by atoms with Gasteiger partial charge in [0.1, 0.15) is 0 Å². The van der Waals surface area contributed by atoms with Crippen molar-refractivity contribution < 1.29 is 0 Å². The number of hydrogen-bond acceptors (Lipinski definition) is 0. The fraction of sp³-hybridized carbons (Fsp3) is 0.714. The molecule has 14 heavy (non-hydrogen) atoms. The minimum absolute atomic E-state index is 0.869. The van der Waals surface area contributed by atoms with E-state index in [9.17, 15) is 0 Å². The van der Waals surface area contributed by atoms with Crippen molar-refractivity contribution in [2.24, 2.45) is 5.92 Å². The zero-order valence-corrected chi connectivity index (χ0v) is 9.97. The molecule has 1 rings (SSSR count). The van der Waals surface area contributed by atoms with Crippen molar-refractivity contribution >= 4 is 0 Å². The second-order valence-corrected chi connectivity index (χ2v) is 4.84. The van der Waals surface area contributed by atoms with Crippen LogP contribution in [0.2, 0.25) is 0 Å². The molecule has 1 aliphatic carbocycles. The zero-order valence-electron chi connectivity index (χ0n) is 9.97. The van der Waals surface area contributed by atoms with Crippen molar-refractivity contribution in [3.63, 3.8) is 0 Å². The van der Waals surface area contributed by atoms with Crippen molar-refractivity contribution in [1.29, 1.82) is 0 Å². The Morgan fingerprint density at radius 1 is 0.857 bits per heavy atom. The molecule has 0 aromatic heterocycles. The first-order valence-corrected chi connectivity index (χ1v) is 6.02. The normalized spacial score (nSPS) is 20.4. The van der Waals surface area contributed by atoms with E-state index in [0.717, 1.165) is 5.92 Å². The van der Waals surface area contributed by atoms with Gasteiger partial charge < -0.3 is 0 Å². The third-order valence-electron chi connectivity index (χ3n) is 3.18. The van der Waals surface area contributed by atoms with Crippen LogP contribution >= 0.6 is 0 Å². The first-order chi connectivity index (χ1) is 6.70. The van der Waals surface area contributed by atoms with Gasteiger partial charge in [0.25, 0.3) is 0 Å². The predicted molar refractivity (Wildman–Crippen MR) is 64.4 cm³/mol. The molecule has 0 heterocycles. The van der Waals surface area contributed by atoms with Crippen LogP contribution in [-0.2, 0) is 0 Å². The van der Waals surface area contributed by atoms with Gasteiger partial charge in [-0.3, -0.25) is 0 Å². The van der Waals surface area contributed by atoms with Crippen molar-refractivity contribution in [3.05, 3.63) is 23.3 Å². The number of rotatable bonds is 2. The predicted octanol–water partition coefficient (Wildman–Crippen LogP) is 4.87. The first-order valence-electron chi connectivity index (χ1n) is 6.02. The molecular weight excluding hydrogens is 168 g/mol. The van der Waals surface area contributed by atoms with Crippen LogP contribution in [0.25, 0.3) is 0 Å². The van der Waals surface area contributed by atoms with Gasteiger partial charge in [-0.2, -0.15) is 0 Å². The summed E-state index contributed by atoms with van der Waals surface area (Å²) in [4.78, 5) is 0. The smallest absolute Gasteiger partial charge is 0.0203 e. The highest BCUT2D eigenvalue weighted by Gasteiger charge is 2.12. The third kappa shape index (κ3) is 4.13.